The zero-order valence-electron chi connectivity index (χ0n) is 10.5. The van der Waals surface area contributed by atoms with Crippen LogP contribution in [0.2, 0.25) is 10.0 Å². The normalized spacial score (nSPS) is 17.0. The fourth-order valence-corrected chi connectivity index (χ4v) is 2.64. The van der Waals surface area contributed by atoms with Crippen molar-refractivity contribution in [1.82, 2.24) is 10.2 Å². The van der Waals surface area contributed by atoms with Crippen molar-refractivity contribution in [2.75, 3.05) is 32.9 Å². The molecule has 1 atom stereocenters. The van der Waals surface area contributed by atoms with E-state index in [4.69, 9.17) is 23.2 Å². The fourth-order valence-electron chi connectivity index (χ4n) is 2.20. The highest BCUT2D eigenvalue weighted by Gasteiger charge is 2.27. The lowest BCUT2D eigenvalue weighted by Gasteiger charge is -2.34. The molecule has 1 aromatic rings. The van der Waals surface area contributed by atoms with E-state index in [-0.39, 0.29) is 40.4 Å². The van der Waals surface area contributed by atoms with Gasteiger partial charge in [0.05, 0.1) is 11.1 Å². The zero-order chi connectivity index (χ0) is 13.1. The number of hydrogen-bond donors (Lipinski definition) is 1. The van der Waals surface area contributed by atoms with E-state index >= 15 is 0 Å². The van der Waals surface area contributed by atoms with E-state index in [9.17, 15) is 8.78 Å². The van der Waals surface area contributed by atoms with Gasteiger partial charge in [0.1, 0.15) is 12.5 Å². The van der Waals surface area contributed by atoms with Gasteiger partial charge in [-0.15, -0.1) is 24.8 Å². The molecule has 2 nitrogen and oxygen atoms in total. The Bertz CT molecular complexity index is 428. The fraction of sp³-hybridized carbons (Fsp3) is 0.500. The van der Waals surface area contributed by atoms with E-state index in [1.54, 1.807) is 0 Å². The third kappa shape index (κ3) is 4.33. The van der Waals surface area contributed by atoms with E-state index in [2.05, 4.69) is 5.32 Å². The Hall–Kier alpha value is 0.160. The van der Waals surface area contributed by atoms with Crippen molar-refractivity contribution in [3.05, 3.63) is 33.6 Å². The van der Waals surface area contributed by atoms with Crippen LogP contribution < -0.4 is 5.32 Å². The van der Waals surface area contributed by atoms with Crippen LogP contribution >= 0.6 is 48.0 Å². The van der Waals surface area contributed by atoms with Gasteiger partial charge in [-0.05, 0) is 12.1 Å². The molecule has 8 heteroatoms. The van der Waals surface area contributed by atoms with Gasteiger partial charge in [-0.3, -0.25) is 4.90 Å². The molecule has 1 aliphatic heterocycles. The Labute approximate surface area is 139 Å². The van der Waals surface area contributed by atoms with E-state index in [0.29, 0.717) is 13.1 Å². The van der Waals surface area contributed by atoms with E-state index in [1.165, 1.54) is 12.1 Å². The van der Waals surface area contributed by atoms with Crippen LogP contribution in [0, 0.1) is 5.82 Å². The predicted octanol–water partition coefficient (Wildman–Crippen LogP) is 3.89. The summed E-state index contributed by atoms with van der Waals surface area (Å²) in [6.45, 7) is 2.16. The van der Waals surface area contributed by atoms with Crippen molar-refractivity contribution >= 4 is 48.0 Å². The van der Waals surface area contributed by atoms with Gasteiger partial charge in [-0.1, -0.05) is 23.2 Å². The molecule has 1 aliphatic rings. The quantitative estimate of drug-likeness (QED) is 0.815. The summed E-state index contributed by atoms with van der Waals surface area (Å²) in [6.07, 6.45) is 0. The molecule has 2 rings (SSSR count). The number of piperazine rings is 1. The second-order valence-corrected chi connectivity index (χ2v) is 5.03. The maximum absolute atomic E-state index is 14.0. The Balaban J connectivity index is 0.00000180. The highest BCUT2D eigenvalue weighted by atomic mass is 35.5. The average molecular weight is 368 g/mol. The number of rotatable bonds is 3. The first kappa shape index (κ1) is 20.2. The number of halogens is 6. The topological polar surface area (TPSA) is 15.3 Å². The van der Waals surface area contributed by atoms with Crippen LogP contribution in [0.4, 0.5) is 8.78 Å². The molecule has 0 bridgehead atoms. The highest BCUT2D eigenvalue weighted by molar-refractivity contribution is 6.33. The summed E-state index contributed by atoms with van der Waals surface area (Å²) in [4.78, 5) is 1.89. The van der Waals surface area contributed by atoms with Crippen LogP contribution in [0.25, 0.3) is 0 Å². The molecule has 0 saturated carbocycles. The minimum atomic E-state index is -0.684. The SMILES string of the molecule is Cl.Cl.FC[C@H](c1c(Cl)ccc(Cl)c1F)N1CCNCC1. The molecule has 0 amide bonds. The monoisotopic (exact) mass is 366 g/mol. The average Bonchev–Trinajstić information content (AvgIpc) is 2.40. The molecule has 1 saturated heterocycles. The highest BCUT2D eigenvalue weighted by Crippen LogP contribution is 2.34. The van der Waals surface area contributed by atoms with Crippen LogP contribution in [0.3, 0.4) is 0 Å². The zero-order valence-corrected chi connectivity index (χ0v) is 13.7. The molecule has 0 spiro atoms. The smallest absolute Gasteiger partial charge is 0.148 e. The minimum absolute atomic E-state index is 0. The molecule has 0 unspecified atom stereocenters. The van der Waals surface area contributed by atoms with E-state index < -0.39 is 18.5 Å². The Morgan fingerprint density at radius 2 is 1.70 bits per heavy atom. The van der Waals surface area contributed by atoms with Gasteiger partial charge in [-0.25, -0.2) is 8.78 Å². The van der Waals surface area contributed by atoms with Gasteiger partial charge in [0, 0.05) is 36.8 Å². The first-order chi connectivity index (χ1) is 8.65. The molecule has 1 heterocycles. The Morgan fingerprint density at radius 3 is 2.25 bits per heavy atom. The molecule has 1 N–H and O–H groups in total. The lowest BCUT2D eigenvalue weighted by atomic mass is 10.0. The molecule has 0 aliphatic carbocycles. The molecule has 1 aromatic carbocycles. The largest absolute Gasteiger partial charge is 0.314 e. The molecule has 1 fully saturated rings. The van der Waals surface area contributed by atoms with Gasteiger partial charge >= 0.3 is 0 Å². The number of hydrogen-bond acceptors (Lipinski definition) is 2. The number of benzene rings is 1. The summed E-state index contributed by atoms with van der Waals surface area (Å²) in [5.41, 5.74) is 0.161. The van der Waals surface area contributed by atoms with Crippen LogP contribution in [-0.4, -0.2) is 37.8 Å². The summed E-state index contributed by atoms with van der Waals surface area (Å²) < 4.78 is 27.3. The summed E-state index contributed by atoms with van der Waals surface area (Å²) >= 11 is 11.7. The predicted molar refractivity (Wildman–Crippen MR) is 84.1 cm³/mol. The van der Waals surface area contributed by atoms with Crippen LogP contribution in [0.1, 0.15) is 11.6 Å². The first-order valence-corrected chi connectivity index (χ1v) is 6.55. The van der Waals surface area contributed by atoms with Crippen molar-refractivity contribution in [2.45, 2.75) is 6.04 Å². The summed E-state index contributed by atoms with van der Waals surface area (Å²) in [5.74, 6) is -0.620. The van der Waals surface area contributed by atoms with Crippen molar-refractivity contribution in [2.24, 2.45) is 0 Å². The van der Waals surface area contributed by atoms with Gasteiger partial charge in [0.25, 0.3) is 0 Å². The number of alkyl halides is 1. The van der Waals surface area contributed by atoms with Crippen LogP contribution in [0.5, 0.6) is 0 Å². The maximum Gasteiger partial charge on any atom is 0.148 e. The minimum Gasteiger partial charge on any atom is -0.314 e. The summed E-state index contributed by atoms with van der Waals surface area (Å²) in [7, 11) is 0. The maximum atomic E-state index is 14.0. The number of nitrogens with zero attached hydrogens (tertiary/aromatic N) is 1. The van der Waals surface area contributed by atoms with E-state index in [1.807, 2.05) is 4.90 Å². The van der Waals surface area contributed by atoms with Crippen LogP contribution in [-0.2, 0) is 0 Å². The van der Waals surface area contributed by atoms with Gasteiger partial charge in [0.2, 0.25) is 0 Å². The first-order valence-electron chi connectivity index (χ1n) is 5.79. The second kappa shape index (κ2) is 9.23. The van der Waals surface area contributed by atoms with Crippen molar-refractivity contribution in [1.29, 1.82) is 0 Å². The molecule has 0 aromatic heterocycles. The molecular formula is C12H16Cl4F2N2. The van der Waals surface area contributed by atoms with Gasteiger partial charge in [0.15, 0.2) is 0 Å². The summed E-state index contributed by atoms with van der Waals surface area (Å²) in [5, 5.41) is 3.36. The molecule has 0 radical (unpaired) electrons. The number of nitrogens with one attached hydrogen (secondary N) is 1. The second-order valence-electron chi connectivity index (χ2n) is 4.21. The Kier molecular flexibility index (Phi) is 9.31. The van der Waals surface area contributed by atoms with Gasteiger partial charge in [-0.2, -0.15) is 0 Å². The standard InChI is InChI=1S/C12H14Cl2F2N2.2ClH/c13-8-1-2-9(14)12(16)11(8)10(7-15)18-5-3-17-4-6-18;;/h1-2,10,17H,3-7H2;2*1H/t10-;;/m1../s1. The van der Waals surface area contributed by atoms with Crippen molar-refractivity contribution in [3.63, 3.8) is 0 Å². The molecule has 116 valence electrons. The van der Waals surface area contributed by atoms with Gasteiger partial charge < -0.3 is 5.32 Å². The lowest BCUT2D eigenvalue weighted by molar-refractivity contribution is 0.144. The molecular weight excluding hydrogens is 352 g/mol. The van der Waals surface area contributed by atoms with E-state index in [0.717, 1.165) is 13.1 Å². The third-order valence-corrected chi connectivity index (χ3v) is 3.77. The Morgan fingerprint density at radius 1 is 1.15 bits per heavy atom. The third-order valence-electron chi connectivity index (χ3n) is 3.15. The van der Waals surface area contributed by atoms with Crippen LogP contribution in [0.15, 0.2) is 12.1 Å². The van der Waals surface area contributed by atoms with Crippen molar-refractivity contribution in [3.8, 4) is 0 Å². The van der Waals surface area contributed by atoms with Crippen molar-refractivity contribution < 1.29 is 8.78 Å². The summed E-state index contributed by atoms with van der Waals surface area (Å²) in [6, 6.07) is 2.22. The lowest BCUT2D eigenvalue weighted by Crippen LogP contribution is -2.46. The molecule has 20 heavy (non-hydrogen) atoms.